The Bertz CT molecular complexity index is 491. The van der Waals surface area contributed by atoms with E-state index in [-0.39, 0.29) is 12.0 Å². The highest BCUT2D eigenvalue weighted by molar-refractivity contribution is 5.94. The average Bonchev–Trinajstić information content (AvgIpc) is 3.08. The summed E-state index contributed by atoms with van der Waals surface area (Å²) in [5.74, 6) is 0.613. The average molecular weight is 304 g/mol. The molecule has 1 aromatic heterocycles. The van der Waals surface area contributed by atoms with Crippen LogP contribution in [0.1, 0.15) is 48.9 Å². The van der Waals surface area contributed by atoms with Crippen molar-refractivity contribution in [1.82, 2.24) is 9.88 Å². The van der Waals surface area contributed by atoms with E-state index in [0.29, 0.717) is 24.1 Å². The zero-order valence-electron chi connectivity index (χ0n) is 13.2. The fraction of sp³-hybridized carbons (Fsp3) is 0.647. The van der Waals surface area contributed by atoms with Crippen LogP contribution in [0.3, 0.4) is 0 Å². The summed E-state index contributed by atoms with van der Waals surface area (Å²) in [5, 5.41) is 0. The third-order valence-electron chi connectivity index (χ3n) is 4.60. The lowest BCUT2D eigenvalue weighted by atomic mass is 9.94. The quantitative estimate of drug-likeness (QED) is 0.858. The molecule has 1 amide bonds. The Kier molecular flexibility index (Phi) is 4.93. The fourth-order valence-corrected chi connectivity index (χ4v) is 3.19. The second-order valence-corrected chi connectivity index (χ2v) is 6.20. The van der Waals surface area contributed by atoms with Crippen molar-refractivity contribution >= 4 is 5.91 Å². The molecule has 1 aromatic rings. The molecule has 0 bridgehead atoms. The van der Waals surface area contributed by atoms with Crippen LogP contribution in [0.25, 0.3) is 0 Å². The molecular weight excluding hydrogens is 280 g/mol. The normalized spacial score (nSPS) is 22.5. The maximum absolute atomic E-state index is 12.5. The summed E-state index contributed by atoms with van der Waals surface area (Å²) >= 11 is 0. The van der Waals surface area contributed by atoms with E-state index < -0.39 is 0 Å². The van der Waals surface area contributed by atoms with Gasteiger partial charge in [0, 0.05) is 31.8 Å². The molecular formula is C17H24N2O3. The lowest BCUT2D eigenvalue weighted by molar-refractivity contribution is 0.0695. The van der Waals surface area contributed by atoms with E-state index in [1.54, 1.807) is 18.3 Å². The number of amides is 1. The number of aromatic nitrogens is 1. The topological polar surface area (TPSA) is 51.7 Å². The predicted octanol–water partition coefficient (Wildman–Crippen LogP) is 2.65. The molecule has 0 radical (unpaired) electrons. The van der Waals surface area contributed by atoms with E-state index in [4.69, 9.17) is 9.47 Å². The molecule has 0 spiro atoms. The van der Waals surface area contributed by atoms with E-state index >= 15 is 0 Å². The molecule has 1 saturated carbocycles. The van der Waals surface area contributed by atoms with Crippen molar-refractivity contribution in [3.63, 3.8) is 0 Å². The first-order valence-corrected chi connectivity index (χ1v) is 8.21. The molecule has 2 fully saturated rings. The highest BCUT2D eigenvalue weighted by atomic mass is 16.5. The maximum atomic E-state index is 12.5. The van der Waals surface area contributed by atoms with Crippen LogP contribution in [-0.2, 0) is 4.74 Å². The third kappa shape index (κ3) is 3.58. The number of pyridine rings is 1. The Morgan fingerprint density at radius 2 is 2.09 bits per heavy atom. The second-order valence-electron chi connectivity index (χ2n) is 6.20. The molecule has 0 N–H and O–H groups in total. The van der Waals surface area contributed by atoms with Crippen molar-refractivity contribution in [2.45, 2.75) is 50.7 Å². The number of ether oxygens (including phenoxy) is 2. The number of nitrogens with zero attached hydrogens (tertiary/aromatic N) is 2. The zero-order chi connectivity index (χ0) is 15.4. The van der Waals surface area contributed by atoms with Gasteiger partial charge in [-0.2, -0.15) is 0 Å². The number of rotatable bonds is 4. The molecule has 120 valence electrons. The van der Waals surface area contributed by atoms with Gasteiger partial charge in [-0.1, -0.05) is 19.3 Å². The van der Waals surface area contributed by atoms with Gasteiger partial charge in [0.05, 0.1) is 18.8 Å². The fourth-order valence-electron chi connectivity index (χ4n) is 3.19. The van der Waals surface area contributed by atoms with Gasteiger partial charge in [0.15, 0.2) is 0 Å². The van der Waals surface area contributed by atoms with Crippen molar-refractivity contribution in [2.24, 2.45) is 0 Å². The molecule has 5 heteroatoms. The van der Waals surface area contributed by atoms with Gasteiger partial charge >= 0.3 is 0 Å². The smallest absolute Gasteiger partial charge is 0.255 e. The molecule has 5 nitrogen and oxygen atoms in total. The van der Waals surface area contributed by atoms with E-state index in [9.17, 15) is 4.79 Å². The SMILES string of the molecule is CN(C(=O)c1ccc(OC2CCOC2)nc1)C1CCCCC1. The van der Waals surface area contributed by atoms with Crippen LogP contribution in [0.5, 0.6) is 5.88 Å². The minimum absolute atomic E-state index is 0.0511. The van der Waals surface area contributed by atoms with Gasteiger partial charge in [-0.05, 0) is 18.9 Å². The van der Waals surface area contributed by atoms with Crippen LogP contribution < -0.4 is 4.74 Å². The van der Waals surface area contributed by atoms with Crippen LogP contribution in [0.15, 0.2) is 18.3 Å². The summed E-state index contributed by atoms with van der Waals surface area (Å²) in [6, 6.07) is 3.95. The highest BCUT2D eigenvalue weighted by Gasteiger charge is 2.23. The molecule has 2 aliphatic rings. The molecule has 1 saturated heterocycles. The number of hydrogen-bond donors (Lipinski definition) is 0. The molecule has 1 atom stereocenters. The highest BCUT2D eigenvalue weighted by Crippen LogP contribution is 2.23. The minimum Gasteiger partial charge on any atom is -0.472 e. The monoisotopic (exact) mass is 304 g/mol. The van der Waals surface area contributed by atoms with Crippen molar-refractivity contribution < 1.29 is 14.3 Å². The lowest BCUT2D eigenvalue weighted by Gasteiger charge is -2.31. The van der Waals surface area contributed by atoms with Crippen LogP contribution in [0, 0.1) is 0 Å². The van der Waals surface area contributed by atoms with Crippen molar-refractivity contribution in [3.05, 3.63) is 23.9 Å². The molecule has 1 aliphatic heterocycles. The Balaban J connectivity index is 1.59. The van der Waals surface area contributed by atoms with Gasteiger partial charge in [0.2, 0.25) is 5.88 Å². The first kappa shape index (κ1) is 15.3. The van der Waals surface area contributed by atoms with Gasteiger partial charge < -0.3 is 14.4 Å². The standard InChI is InChI=1S/C17H24N2O3/c1-19(14-5-3-2-4-6-14)17(20)13-7-8-16(18-11-13)22-15-9-10-21-12-15/h7-8,11,14-15H,2-6,9-10,12H2,1H3. The predicted molar refractivity (Wildman–Crippen MR) is 83.1 cm³/mol. The number of carbonyl (C=O) groups is 1. The Morgan fingerprint density at radius 3 is 2.73 bits per heavy atom. The second kappa shape index (κ2) is 7.09. The molecule has 3 rings (SSSR count). The Morgan fingerprint density at radius 1 is 1.27 bits per heavy atom. The summed E-state index contributed by atoms with van der Waals surface area (Å²) in [7, 11) is 1.90. The summed E-state index contributed by atoms with van der Waals surface area (Å²) in [4.78, 5) is 18.7. The molecule has 1 aliphatic carbocycles. The van der Waals surface area contributed by atoms with Gasteiger partial charge in [0.1, 0.15) is 6.10 Å². The molecule has 2 heterocycles. The van der Waals surface area contributed by atoms with Gasteiger partial charge in [-0.25, -0.2) is 4.98 Å². The first-order valence-electron chi connectivity index (χ1n) is 8.21. The van der Waals surface area contributed by atoms with Crippen molar-refractivity contribution in [1.29, 1.82) is 0 Å². The summed E-state index contributed by atoms with van der Waals surface area (Å²) in [5.41, 5.74) is 0.628. The van der Waals surface area contributed by atoms with Crippen molar-refractivity contribution in [2.75, 3.05) is 20.3 Å². The maximum Gasteiger partial charge on any atom is 0.255 e. The van der Waals surface area contributed by atoms with E-state index in [1.807, 2.05) is 11.9 Å². The van der Waals surface area contributed by atoms with Crippen molar-refractivity contribution in [3.8, 4) is 5.88 Å². The molecule has 0 aromatic carbocycles. The van der Waals surface area contributed by atoms with E-state index in [0.717, 1.165) is 25.9 Å². The van der Waals surface area contributed by atoms with Crippen LogP contribution >= 0.6 is 0 Å². The summed E-state index contributed by atoms with van der Waals surface area (Å²) in [6.45, 7) is 1.36. The Labute approximate surface area is 131 Å². The van der Waals surface area contributed by atoms with Crippen LogP contribution in [0.2, 0.25) is 0 Å². The molecule has 1 unspecified atom stereocenters. The summed E-state index contributed by atoms with van der Waals surface area (Å²) in [6.07, 6.45) is 8.54. The van der Waals surface area contributed by atoms with Gasteiger partial charge in [-0.15, -0.1) is 0 Å². The molecule has 22 heavy (non-hydrogen) atoms. The van der Waals surface area contributed by atoms with E-state index in [1.165, 1.54) is 19.3 Å². The van der Waals surface area contributed by atoms with E-state index in [2.05, 4.69) is 4.98 Å². The van der Waals surface area contributed by atoms with Crippen LogP contribution in [-0.4, -0.2) is 48.2 Å². The number of carbonyl (C=O) groups excluding carboxylic acids is 1. The minimum atomic E-state index is 0.0511. The summed E-state index contributed by atoms with van der Waals surface area (Å²) < 4.78 is 11.0. The number of hydrogen-bond acceptors (Lipinski definition) is 4. The van der Waals surface area contributed by atoms with Gasteiger partial charge in [-0.3, -0.25) is 4.79 Å². The lowest BCUT2D eigenvalue weighted by Crippen LogP contribution is -2.38. The zero-order valence-corrected chi connectivity index (χ0v) is 13.2. The van der Waals surface area contributed by atoms with Crippen LogP contribution in [0.4, 0.5) is 0 Å². The Hall–Kier alpha value is -1.62. The first-order chi connectivity index (χ1) is 10.7. The largest absolute Gasteiger partial charge is 0.472 e. The van der Waals surface area contributed by atoms with Gasteiger partial charge in [0.25, 0.3) is 5.91 Å². The third-order valence-corrected chi connectivity index (χ3v) is 4.60.